The molecule has 1 aliphatic rings. The van der Waals surface area contributed by atoms with Crippen molar-refractivity contribution in [1.82, 2.24) is 19.9 Å². The molecule has 6 nitrogen and oxygen atoms in total. The summed E-state index contributed by atoms with van der Waals surface area (Å²) in [4.78, 5) is 21.3. The van der Waals surface area contributed by atoms with E-state index < -0.39 is 0 Å². The lowest BCUT2D eigenvalue weighted by Gasteiger charge is -2.22. The van der Waals surface area contributed by atoms with Gasteiger partial charge in [-0.2, -0.15) is 0 Å². The Labute approximate surface area is 158 Å². The fraction of sp³-hybridized carbons (Fsp3) is 0.381. The number of aromatic nitrogens is 3. The number of ether oxygens (including phenoxy) is 1. The Balaban J connectivity index is 1.39. The molecule has 0 aliphatic carbocycles. The van der Waals surface area contributed by atoms with Crippen molar-refractivity contribution < 1.29 is 9.53 Å². The summed E-state index contributed by atoms with van der Waals surface area (Å²) in [6.07, 6.45) is 6.51. The summed E-state index contributed by atoms with van der Waals surface area (Å²) in [6.45, 7) is 3.00. The van der Waals surface area contributed by atoms with Crippen molar-refractivity contribution in [3.63, 3.8) is 0 Å². The van der Waals surface area contributed by atoms with Gasteiger partial charge < -0.3 is 14.6 Å². The molecule has 0 saturated carbocycles. The van der Waals surface area contributed by atoms with Gasteiger partial charge in [-0.05, 0) is 36.8 Å². The third-order valence-electron chi connectivity index (χ3n) is 5.01. The number of carbonyl (C=O) groups is 1. The average molecular weight is 364 g/mol. The van der Waals surface area contributed by atoms with Crippen LogP contribution < -0.4 is 5.32 Å². The highest BCUT2D eigenvalue weighted by atomic mass is 16.5. The number of nitrogens with zero attached hydrogens (tertiary/aromatic N) is 3. The summed E-state index contributed by atoms with van der Waals surface area (Å²) in [5, 5.41) is 2.99. The molecule has 6 heteroatoms. The second-order valence-corrected chi connectivity index (χ2v) is 7.03. The smallest absolute Gasteiger partial charge is 0.252 e. The first-order chi connectivity index (χ1) is 13.3. The molecule has 27 heavy (non-hydrogen) atoms. The summed E-state index contributed by atoms with van der Waals surface area (Å²) in [7, 11) is 0. The van der Waals surface area contributed by atoms with Crippen LogP contribution in [0.4, 0.5) is 0 Å². The highest BCUT2D eigenvalue weighted by Crippen LogP contribution is 2.15. The van der Waals surface area contributed by atoms with E-state index in [2.05, 4.69) is 27.4 Å². The molecule has 4 rings (SSSR count). The van der Waals surface area contributed by atoms with Crippen LogP contribution in [-0.4, -0.2) is 40.2 Å². The summed E-state index contributed by atoms with van der Waals surface area (Å²) >= 11 is 0. The average Bonchev–Trinajstić information content (AvgIpc) is 3.14. The van der Waals surface area contributed by atoms with Crippen LogP contribution in [0.5, 0.6) is 0 Å². The Bertz CT molecular complexity index is 901. The van der Waals surface area contributed by atoms with Crippen LogP contribution in [0.3, 0.4) is 0 Å². The number of fused-ring (bicyclic) bond motifs is 1. The molecule has 0 radical (unpaired) electrons. The minimum atomic E-state index is -0.103. The Kier molecular flexibility index (Phi) is 5.44. The van der Waals surface area contributed by atoms with Gasteiger partial charge in [-0.25, -0.2) is 9.97 Å². The number of hydrogen-bond acceptors (Lipinski definition) is 4. The van der Waals surface area contributed by atoms with Crippen LogP contribution in [0, 0.1) is 5.92 Å². The minimum absolute atomic E-state index is 0.103. The zero-order chi connectivity index (χ0) is 18.5. The molecular weight excluding hydrogens is 340 g/mol. The van der Waals surface area contributed by atoms with Crippen LogP contribution >= 0.6 is 0 Å². The molecule has 1 amide bonds. The van der Waals surface area contributed by atoms with E-state index in [1.165, 1.54) is 5.56 Å². The summed E-state index contributed by atoms with van der Waals surface area (Å²) in [5.41, 5.74) is 3.38. The van der Waals surface area contributed by atoms with Crippen molar-refractivity contribution in [3.05, 3.63) is 60.0 Å². The van der Waals surface area contributed by atoms with E-state index in [-0.39, 0.29) is 5.91 Å². The predicted octanol–water partition coefficient (Wildman–Crippen LogP) is 2.83. The third-order valence-corrected chi connectivity index (χ3v) is 5.01. The van der Waals surface area contributed by atoms with Crippen LogP contribution in [0.25, 0.3) is 11.2 Å². The zero-order valence-electron chi connectivity index (χ0n) is 15.3. The normalized spacial score (nSPS) is 17.1. The number of aryl methyl sites for hydroxylation is 2. The van der Waals surface area contributed by atoms with E-state index in [1.807, 2.05) is 28.8 Å². The highest BCUT2D eigenvalue weighted by Gasteiger charge is 2.16. The van der Waals surface area contributed by atoms with Gasteiger partial charge in [-0.15, -0.1) is 0 Å². The summed E-state index contributed by atoms with van der Waals surface area (Å²) < 4.78 is 7.49. The van der Waals surface area contributed by atoms with E-state index in [9.17, 15) is 4.79 Å². The molecule has 0 spiro atoms. The topological polar surface area (TPSA) is 69.0 Å². The van der Waals surface area contributed by atoms with Crippen LogP contribution in [0.1, 0.15) is 28.8 Å². The number of nitrogens with one attached hydrogen (secondary N) is 1. The van der Waals surface area contributed by atoms with E-state index in [0.29, 0.717) is 18.0 Å². The van der Waals surface area contributed by atoms with E-state index >= 15 is 0 Å². The molecule has 1 fully saturated rings. The SMILES string of the molecule is O=C(NCC1CCCOC1)c1cnc2c(c1)ncn2CCc1ccccc1. The zero-order valence-corrected chi connectivity index (χ0v) is 15.3. The molecule has 1 unspecified atom stereocenters. The molecular formula is C21H24N4O2. The predicted molar refractivity (Wildman–Crippen MR) is 104 cm³/mol. The van der Waals surface area contributed by atoms with E-state index in [0.717, 1.165) is 50.2 Å². The van der Waals surface area contributed by atoms with Crippen molar-refractivity contribution in [2.24, 2.45) is 5.92 Å². The van der Waals surface area contributed by atoms with Crippen molar-refractivity contribution >= 4 is 17.1 Å². The summed E-state index contributed by atoms with van der Waals surface area (Å²) in [6, 6.07) is 12.2. The first kappa shape index (κ1) is 17.7. The fourth-order valence-corrected chi connectivity index (χ4v) is 3.44. The summed E-state index contributed by atoms with van der Waals surface area (Å²) in [5.74, 6) is 0.297. The van der Waals surface area contributed by atoms with E-state index in [1.54, 1.807) is 12.5 Å². The lowest BCUT2D eigenvalue weighted by atomic mass is 10.0. The van der Waals surface area contributed by atoms with Gasteiger partial charge in [0.05, 0.1) is 18.5 Å². The van der Waals surface area contributed by atoms with Gasteiger partial charge >= 0.3 is 0 Å². The van der Waals surface area contributed by atoms with Crippen LogP contribution in [-0.2, 0) is 17.7 Å². The largest absolute Gasteiger partial charge is 0.381 e. The number of pyridine rings is 1. The van der Waals surface area contributed by atoms with Crippen LogP contribution in [0.15, 0.2) is 48.9 Å². The second-order valence-electron chi connectivity index (χ2n) is 7.03. The lowest BCUT2D eigenvalue weighted by molar-refractivity contribution is 0.0536. The second kappa shape index (κ2) is 8.31. The van der Waals surface area contributed by atoms with Crippen molar-refractivity contribution in [3.8, 4) is 0 Å². The molecule has 140 valence electrons. The first-order valence-corrected chi connectivity index (χ1v) is 9.50. The number of benzene rings is 1. The van der Waals surface area contributed by atoms with Gasteiger partial charge in [0.2, 0.25) is 0 Å². The Morgan fingerprint density at radius 3 is 2.96 bits per heavy atom. The van der Waals surface area contributed by atoms with Gasteiger partial charge in [0, 0.05) is 25.9 Å². The molecule has 1 aliphatic heterocycles. The number of amides is 1. The molecule has 2 aromatic heterocycles. The molecule has 1 N–H and O–H groups in total. The molecule has 1 aromatic carbocycles. The number of carbonyl (C=O) groups excluding carboxylic acids is 1. The van der Waals surface area contributed by atoms with Crippen LogP contribution in [0.2, 0.25) is 0 Å². The number of hydrogen-bond donors (Lipinski definition) is 1. The number of rotatable bonds is 6. The van der Waals surface area contributed by atoms with Gasteiger partial charge in [-0.3, -0.25) is 4.79 Å². The minimum Gasteiger partial charge on any atom is -0.381 e. The fourth-order valence-electron chi connectivity index (χ4n) is 3.44. The van der Waals surface area contributed by atoms with Crippen molar-refractivity contribution in [1.29, 1.82) is 0 Å². The van der Waals surface area contributed by atoms with E-state index in [4.69, 9.17) is 4.74 Å². The highest BCUT2D eigenvalue weighted by molar-refractivity contribution is 5.96. The van der Waals surface area contributed by atoms with Gasteiger partial charge in [0.25, 0.3) is 5.91 Å². The monoisotopic (exact) mass is 364 g/mol. The molecule has 1 atom stereocenters. The first-order valence-electron chi connectivity index (χ1n) is 9.50. The quantitative estimate of drug-likeness (QED) is 0.730. The maximum Gasteiger partial charge on any atom is 0.252 e. The van der Waals surface area contributed by atoms with Gasteiger partial charge in [0.1, 0.15) is 5.52 Å². The third kappa shape index (κ3) is 4.34. The Morgan fingerprint density at radius 1 is 1.26 bits per heavy atom. The molecule has 3 heterocycles. The molecule has 0 bridgehead atoms. The standard InChI is InChI=1S/C21H24N4O2/c26-21(23-12-17-7-4-10-27-14-17)18-11-19-20(22-13-18)25(15-24-19)9-8-16-5-2-1-3-6-16/h1-3,5-6,11,13,15,17H,4,7-10,12,14H2,(H,23,26). The Morgan fingerprint density at radius 2 is 2.15 bits per heavy atom. The number of imidazole rings is 1. The Hall–Kier alpha value is -2.73. The van der Waals surface area contributed by atoms with Gasteiger partial charge in [-0.1, -0.05) is 30.3 Å². The van der Waals surface area contributed by atoms with Gasteiger partial charge in [0.15, 0.2) is 5.65 Å². The maximum atomic E-state index is 12.4. The molecule has 3 aromatic rings. The maximum absolute atomic E-state index is 12.4. The van der Waals surface area contributed by atoms with Crippen molar-refractivity contribution in [2.75, 3.05) is 19.8 Å². The lowest BCUT2D eigenvalue weighted by Crippen LogP contribution is -2.33. The van der Waals surface area contributed by atoms with Crippen molar-refractivity contribution in [2.45, 2.75) is 25.8 Å². The molecule has 1 saturated heterocycles.